The van der Waals surface area contributed by atoms with Crippen LogP contribution in [0.15, 0.2) is 10.2 Å². The van der Waals surface area contributed by atoms with Crippen molar-refractivity contribution in [3.05, 3.63) is 0 Å². The molecule has 44 valence electrons. The van der Waals surface area contributed by atoms with E-state index in [1.807, 2.05) is 14.0 Å². The first kappa shape index (κ1) is 5.08. The molecule has 0 radical (unpaired) electrons. The first-order valence-corrected chi connectivity index (χ1v) is 2.36. The zero-order chi connectivity index (χ0) is 5.98. The van der Waals surface area contributed by atoms with E-state index < -0.39 is 0 Å². The number of amidine groups is 1. The number of hydrogen-bond donors (Lipinski definition) is 1. The second kappa shape index (κ2) is 1.81. The van der Waals surface area contributed by atoms with Gasteiger partial charge in [0, 0.05) is 7.05 Å². The summed E-state index contributed by atoms with van der Waals surface area (Å²) >= 11 is 0. The van der Waals surface area contributed by atoms with E-state index in [1.54, 1.807) is 11.3 Å². The summed E-state index contributed by atoms with van der Waals surface area (Å²) in [4.78, 5) is 0. The molecular weight excluding hydrogens is 104 g/mol. The zero-order valence-electron chi connectivity index (χ0n) is 4.92. The first-order valence-electron chi connectivity index (χ1n) is 2.36. The van der Waals surface area contributed by atoms with E-state index in [9.17, 15) is 0 Å². The average molecular weight is 112 g/mol. The molecule has 1 heterocycles. The van der Waals surface area contributed by atoms with E-state index in [0.717, 1.165) is 5.84 Å². The summed E-state index contributed by atoms with van der Waals surface area (Å²) in [5, 5.41) is 9.12. The molecule has 0 aromatic carbocycles. The zero-order valence-corrected chi connectivity index (χ0v) is 4.92. The summed E-state index contributed by atoms with van der Waals surface area (Å²) in [7, 11) is 1.86. The van der Waals surface area contributed by atoms with Gasteiger partial charge in [-0.15, -0.1) is 10.2 Å². The fraction of sp³-hybridized carbons (Fsp3) is 0.500. The molecule has 1 rings (SSSR count). The van der Waals surface area contributed by atoms with Gasteiger partial charge in [-0.1, -0.05) is 0 Å². The van der Waals surface area contributed by atoms with Gasteiger partial charge in [0.05, 0.1) is 0 Å². The van der Waals surface area contributed by atoms with E-state index in [0.29, 0.717) is 0 Å². The Morgan fingerprint density at radius 3 is 2.88 bits per heavy atom. The topological polar surface area (TPSA) is 40.0 Å². The molecule has 1 aliphatic heterocycles. The third kappa shape index (κ3) is 0.959. The summed E-state index contributed by atoms with van der Waals surface area (Å²) in [5.74, 6) is 0.815. The molecule has 1 aliphatic rings. The maximum atomic E-state index is 3.71. The van der Waals surface area contributed by atoms with Gasteiger partial charge in [-0.05, 0) is 6.92 Å². The highest BCUT2D eigenvalue weighted by Crippen LogP contribution is 1.82. The van der Waals surface area contributed by atoms with Crippen LogP contribution < -0.4 is 5.43 Å². The Bertz CT molecular complexity index is 137. The van der Waals surface area contributed by atoms with Gasteiger partial charge in [-0.2, -0.15) is 0 Å². The predicted octanol–water partition coefficient (Wildman–Crippen LogP) is -0.202. The highest BCUT2D eigenvalue weighted by Gasteiger charge is 1.95. The van der Waals surface area contributed by atoms with Crippen LogP contribution in [0.25, 0.3) is 0 Å². The summed E-state index contributed by atoms with van der Waals surface area (Å²) < 4.78 is 0. The highest BCUT2D eigenvalue weighted by molar-refractivity contribution is 5.82. The summed E-state index contributed by atoms with van der Waals surface area (Å²) in [5.41, 5.74) is 2.91. The molecule has 4 heteroatoms. The van der Waals surface area contributed by atoms with Gasteiger partial charge in [0.1, 0.15) is 12.2 Å². The smallest absolute Gasteiger partial charge is 0.140 e. The van der Waals surface area contributed by atoms with E-state index in [-0.39, 0.29) is 0 Å². The van der Waals surface area contributed by atoms with Gasteiger partial charge >= 0.3 is 0 Å². The summed E-state index contributed by atoms with van der Waals surface area (Å²) in [6, 6.07) is 0. The fourth-order valence-electron chi connectivity index (χ4n) is 0.496. The normalized spacial score (nSPS) is 17.8. The second-order valence-corrected chi connectivity index (χ2v) is 1.64. The quantitative estimate of drug-likeness (QED) is 0.471. The number of hydrazine groups is 1. The summed E-state index contributed by atoms with van der Waals surface area (Å²) in [6.45, 7) is 1.85. The van der Waals surface area contributed by atoms with Gasteiger partial charge in [0.25, 0.3) is 0 Å². The van der Waals surface area contributed by atoms with Crippen molar-refractivity contribution in [3.63, 3.8) is 0 Å². The van der Waals surface area contributed by atoms with E-state index in [4.69, 9.17) is 0 Å². The van der Waals surface area contributed by atoms with E-state index in [1.165, 1.54) is 0 Å². The van der Waals surface area contributed by atoms with Gasteiger partial charge < -0.3 is 0 Å². The van der Waals surface area contributed by atoms with E-state index >= 15 is 0 Å². The van der Waals surface area contributed by atoms with Crippen molar-refractivity contribution >= 4 is 12.2 Å². The Hall–Kier alpha value is -1.06. The molecule has 0 fully saturated rings. The first-order chi connectivity index (χ1) is 3.79. The SMILES string of the molecule is CC1=NN=CN(C)N1. The minimum atomic E-state index is 0.815. The molecule has 0 spiro atoms. The molecule has 4 nitrogen and oxygen atoms in total. The number of rotatable bonds is 0. The van der Waals surface area contributed by atoms with Crippen LogP contribution >= 0.6 is 0 Å². The Morgan fingerprint density at radius 2 is 2.50 bits per heavy atom. The monoisotopic (exact) mass is 112 g/mol. The van der Waals surface area contributed by atoms with Crippen LogP contribution in [0.5, 0.6) is 0 Å². The van der Waals surface area contributed by atoms with Crippen molar-refractivity contribution in [2.24, 2.45) is 10.2 Å². The standard InChI is InChI=1S/C4H8N4/c1-4-6-5-3-8(2)7-4/h3H,1-2H3,(H,6,7). The Labute approximate surface area is 47.9 Å². The largest absolute Gasteiger partial charge is 0.283 e. The Morgan fingerprint density at radius 1 is 1.75 bits per heavy atom. The lowest BCUT2D eigenvalue weighted by Gasteiger charge is -2.16. The Kier molecular flexibility index (Phi) is 1.15. The van der Waals surface area contributed by atoms with Crippen molar-refractivity contribution < 1.29 is 0 Å². The average Bonchev–Trinajstić information content (AvgIpc) is 1.64. The third-order valence-corrected chi connectivity index (χ3v) is 0.771. The third-order valence-electron chi connectivity index (χ3n) is 0.771. The van der Waals surface area contributed by atoms with Gasteiger partial charge in [0.2, 0.25) is 0 Å². The molecule has 8 heavy (non-hydrogen) atoms. The van der Waals surface area contributed by atoms with Crippen molar-refractivity contribution in [2.75, 3.05) is 7.05 Å². The molecule has 1 N–H and O–H groups in total. The molecule has 0 unspecified atom stereocenters. The van der Waals surface area contributed by atoms with Gasteiger partial charge in [0.15, 0.2) is 0 Å². The molecule has 0 saturated heterocycles. The number of nitrogens with one attached hydrogen (secondary N) is 1. The number of nitrogens with zero attached hydrogens (tertiary/aromatic N) is 3. The predicted molar refractivity (Wildman–Crippen MR) is 32.5 cm³/mol. The molecule has 0 atom stereocenters. The minimum Gasteiger partial charge on any atom is -0.283 e. The lowest BCUT2D eigenvalue weighted by atomic mass is 10.7. The number of hydrogen-bond acceptors (Lipinski definition) is 4. The summed E-state index contributed by atoms with van der Waals surface area (Å²) in [6.07, 6.45) is 1.60. The van der Waals surface area contributed by atoms with Crippen LogP contribution in [0.3, 0.4) is 0 Å². The van der Waals surface area contributed by atoms with Crippen LogP contribution in [0.1, 0.15) is 6.92 Å². The van der Waals surface area contributed by atoms with Crippen LogP contribution in [-0.4, -0.2) is 24.2 Å². The molecule has 0 saturated carbocycles. The van der Waals surface area contributed by atoms with Crippen LogP contribution in [0, 0.1) is 0 Å². The fourth-order valence-corrected chi connectivity index (χ4v) is 0.496. The van der Waals surface area contributed by atoms with Crippen LogP contribution in [-0.2, 0) is 0 Å². The van der Waals surface area contributed by atoms with Gasteiger partial charge in [-0.3, -0.25) is 10.4 Å². The minimum absolute atomic E-state index is 0.815. The molecule has 0 aliphatic carbocycles. The van der Waals surface area contributed by atoms with Crippen molar-refractivity contribution in [1.82, 2.24) is 10.4 Å². The van der Waals surface area contributed by atoms with E-state index in [2.05, 4.69) is 15.6 Å². The maximum absolute atomic E-state index is 3.71. The Balaban J connectivity index is 2.59. The lowest BCUT2D eigenvalue weighted by molar-refractivity contribution is 0.459. The van der Waals surface area contributed by atoms with Crippen molar-refractivity contribution in [2.45, 2.75) is 6.92 Å². The molecule has 0 bridgehead atoms. The second-order valence-electron chi connectivity index (χ2n) is 1.64. The molecule has 0 amide bonds. The van der Waals surface area contributed by atoms with Crippen LogP contribution in [0.2, 0.25) is 0 Å². The van der Waals surface area contributed by atoms with Crippen molar-refractivity contribution in [1.29, 1.82) is 0 Å². The molecule has 0 aromatic rings. The maximum Gasteiger partial charge on any atom is 0.140 e. The molecule has 0 aromatic heterocycles. The highest BCUT2D eigenvalue weighted by atomic mass is 15.6. The lowest BCUT2D eigenvalue weighted by Crippen LogP contribution is -2.38. The van der Waals surface area contributed by atoms with Crippen molar-refractivity contribution in [3.8, 4) is 0 Å². The van der Waals surface area contributed by atoms with Crippen LogP contribution in [0.4, 0.5) is 0 Å². The van der Waals surface area contributed by atoms with Gasteiger partial charge in [-0.25, -0.2) is 0 Å². The molecular formula is C4H8N4.